The first-order chi connectivity index (χ1) is 33.7. The second-order valence-electron chi connectivity index (χ2n) is 20.2. The Labute approximate surface area is 403 Å². The van der Waals surface area contributed by atoms with Crippen LogP contribution in [0.1, 0.15) is 99.0 Å². The maximum absolute atomic E-state index is 13.8. The third-order valence-corrected chi connectivity index (χ3v) is 16.0. The number of urea groups is 1. The van der Waals surface area contributed by atoms with E-state index in [4.69, 9.17) is 20.6 Å². The topological polar surface area (TPSA) is 175 Å². The van der Waals surface area contributed by atoms with Crippen molar-refractivity contribution >= 4 is 46.3 Å². The van der Waals surface area contributed by atoms with Gasteiger partial charge in [0.15, 0.2) is 5.65 Å². The Balaban J connectivity index is 0.622. The molecule has 11 rings (SSSR count). The summed E-state index contributed by atoms with van der Waals surface area (Å²) in [5.74, 6) is 2.54. The fraction of sp³-hybridized carbons (Fsp3) is 0.491. The van der Waals surface area contributed by atoms with Gasteiger partial charge in [0.25, 0.3) is 5.91 Å². The van der Waals surface area contributed by atoms with Crippen LogP contribution in [0.25, 0.3) is 22.3 Å². The lowest BCUT2D eigenvalue weighted by molar-refractivity contribution is -0.136. The van der Waals surface area contributed by atoms with E-state index in [1.54, 1.807) is 4.90 Å². The van der Waals surface area contributed by atoms with Gasteiger partial charge in [0.1, 0.15) is 35.4 Å². The molecule has 360 valence electrons. The number of anilines is 2. The number of likely N-dealkylation sites (tertiary alicyclic amines) is 3. The number of nitrogen functional groups attached to an aromatic ring is 1. The first-order valence-electron chi connectivity index (χ1n) is 25.3. The fourth-order valence-electron chi connectivity index (χ4n) is 12.0. The van der Waals surface area contributed by atoms with Crippen molar-refractivity contribution in [1.29, 1.82) is 0 Å². The zero-order valence-corrected chi connectivity index (χ0v) is 39.4. The van der Waals surface area contributed by atoms with E-state index in [9.17, 15) is 19.2 Å². The van der Waals surface area contributed by atoms with E-state index >= 15 is 0 Å². The van der Waals surface area contributed by atoms with Crippen LogP contribution in [0.4, 0.5) is 16.3 Å². The summed E-state index contributed by atoms with van der Waals surface area (Å²) in [5.41, 5.74) is 11.7. The smallest absolute Gasteiger partial charge is 0.319 e. The molecule has 3 N–H and O–H groups in total. The summed E-state index contributed by atoms with van der Waals surface area (Å²) in [6, 6.07) is 23.9. The van der Waals surface area contributed by atoms with Crippen LogP contribution in [0.15, 0.2) is 79.1 Å². The van der Waals surface area contributed by atoms with Gasteiger partial charge in [-0.25, -0.2) is 19.4 Å². The summed E-state index contributed by atoms with van der Waals surface area (Å²) >= 11 is 0. The second-order valence-corrected chi connectivity index (χ2v) is 20.2. The van der Waals surface area contributed by atoms with Crippen LogP contribution in [-0.2, 0) is 16.1 Å². The molecule has 2 aromatic heterocycles. The number of aromatic nitrogens is 4. The summed E-state index contributed by atoms with van der Waals surface area (Å²) in [5, 5.41) is 8.35. The normalized spacial score (nSPS) is 22.3. The minimum atomic E-state index is -0.595. The molecule has 69 heavy (non-hydrogen) atoms. The van der Waals surface area contributed by atoms with Crippen molar-refractivity contribution in [2.24, 2.45) is 11.8 Å². The summed E-state index contributed by atoms with van der Waals surface area (Å²) < 4.78 is 8.13. The number of hydrogen-bond donors (Lipinski definition) is 2. The lowest BCUT2D eigenvalue weighted by atomic mass is 9.85. The van der Waals surface area contributed by atoms with Gasteiger partial charge >= 0.3 is 6.03 Å². The molecule has 5 amide bonds. The minimum Gasteiger partial charge on any atom is -0.457 e. The molecular formula is C53H63N11O5. The van der Waals surface area contributed by atoms with E-state index < -0.39 is 6.04 Å². The molecule has 16 heteroatoms. The van der Waals surface area contributed by atoms with Gasteiger partial charge in [-0.05, 0) is 136 Å². The SMILES string of the molecule is Nc1ncnc2c1c(-c1ccc(Oc3ccccc3)cc1)nn2C1CCCN(C2CCN(C(=O)N3CCC(CCC4CCN(c5ccc6c(c5)CN(C5CCC(=O)NC5=O)C6=O)CC4)CC3)CC2)C1. The molecule has 3 aromatic carbocycles. The number of carbonyl (C=O) groups excluding carboxylic acids is 4. The molecule has 5 aromatic rings. The van der Waals surface area contributed by atoms with Crippen molar-refractivity contribution in [3.63, 3.8) is 0 Å². The lowest BCUT2D eigenvalue weighted by Crippen LogP contribution is -2.53. The monoisotopic (exact) mass is 934 g/mol. The van der Waals surface area contributed by atoms with Gasteiger partial charge in [-0.15, -0.1) is 0 Å². The molecule has 8 heterocycles. The number of hydrogen-bond acceptors (Lipinski definition) is 11. The third-order valence-electron chi connectivity index (χ3n) is 16.0. The molecule has 6 aliphatic heterocycles. The van der Waals surface area contributed by atoms with Crippen LogP contribution in [0.3, 0.4) is 0 Å². The highest BCUT2D eigenvalue weighted by atomic mass is 16.5. The second kappa shape index (κ2) is 19.4. The Morgan fingerprint density at radius 2 is 1.43 bits per heavy atom. The lowest BCUT2D eigenvalue weighted by Gasteiger charge is -2.43. The Bertz CT molecular complexity index is 2690. The molecule has 0 spiro atoms. The number of nitrogens with two attached hydrogens (primary N) is 1. The van der Waals surface area contributed by atoms with Crippen LogP contribution in [-0.4, -0.2) is 128 Å². The van der Waals surface area contributed by atoms with Crippen LogP contribution < -0.4 is 20.7 Å². The number of carbonyl (C=O) groups is 4. The summed E-state index contributed by atoms with van der Waals surface area (Å²) in [7, 11) is 0. The van der Waals surface area contributed by atoms with E-state index in [-0.39, 0.29) is 36.2 Å². The predicted molar refractivity (Wildman–Crippen MR) is 262 cm³/mol. The van der Waals surface area contributed by atoms with E-state index in [0.717, 1.165) is 149 Å². The van der Waals surface area contributed by atoms with Crippen LogP contribution in [0, 0.1) is 11.8 Å². The van der Waals surface area contributed by atoms with Gasteiger partial charge in [0.2, 0.25) is 11.8 Å². The Kier molecular flexibility index (Phi) is 12.7. The van der Waals surface area contributed by atoms with Gasteiger partial charge in [0.05, 0.1) is 11.4 Å². The number of ether oxygens (including phenoxy) is 1. The zero-order chi connectivity index (χ0) is 47.0. The van der Waals surface area contributed by atoms with Crippen LogP contribution >= 0.6 is 0 Å². The van der Waals surface area contributed by atoms with Crippen LogP contribution in [0.2, 0.25) is 0 Å². The van der Waals surface area contributed by atoms with Crippen molar-refractivity contribution in [3.05, 3.63) is 90.3 Å². The molecule has 0 aliphatic carbocycles. The predicted octanol–water partition coefficient (Wildman–Crippen LogP) is 7.26. The number of piperidine rings is 5. The van der Waals surface area contributed by atoms with Gasteiger partial charge in [-0.3, -0.25) is 24.6 Å². The van der Waals surface area contributed by atoms with Gasteiger partial charge in [-0.1, -0.05) is 31.0 Å². The van der Waals surface area contributed by atoms with E-state index in [0.29, 0.717) is 42.2 Å². The molecule has 0 bridgehead atoms. The molecule has 2 unspecified atom stereocenters. The molecule has 6 aliphatic rings. The number of benzene rings is 3. The first-order valence-corrected chi connectivity index (χ1v) is 25.3. The zero-order valence-electron chi connectivity index (χ0n) is 39.4. The molecule has 0 saturated carbocycles. The molecule has 5 fully saturated rings. The quantitative estimate of drug-likeness (QED) is 0.135. The average molecular weight is 934 g/mol. The van der Waals surface area contributed by atoms with Crippen molar-refractivity contribution < 1.29 is 23.9 Å². The third kappa shape index (κ3) is 9.34. The van der Waals surface area contributed by atoms with E-state index in [1.807, 2.05) is 66.7 Å². The number of rotatable bonds is 10. The molecular weight excluding hydrogens is 871 g/mol. The number of fused-ring (bicyclic) bond motifs is 2. The van der Waals surface area contributed by atoms with E-state index in [1.165, 1.54) is 19.2 Å². The van der Waals surface area contributed by atoms with E-state index in [2.05, 4.69) is 40.6 Å². The summed E-state index contributed by atoms with van der Waals surface area (Å²) in [4.78, 5) is 71.2. The maximum atomic E-state index is 13.8. The number of para-hydroxylation sites is 1. The highest BCUT2D eigenvalue weighted by Crippen LogP contribution is 2.37. The highest BCUT2D eigenvalue weighted by Gasteiger charge is 2.40. The summed E-state index contributed by atoms with van der Waals surface area (Å²) in [6.45, 7) is 7.57. The Morgan fingerprint density at radius 1 is 0.739 bits per heavy atom. The van der Waals surface area contributed by atoms with Crippen LogP contribution in [0.5, 0.6) is 11.5 Å². The maximum Gasteiger partial charge on any atom is 0.319 e. The number of imide groups is 1. The van der Waals surface area contributed by atoms with Gasteiger partial charge in [0, 0.05) is 81.6 Å². The molecule has 0 radical (unpaired) electrons. The minimum absolute atomic E-state index is 0.128. The molecule has 2 atom stereocenters. The summed E-state index contributed by atoms with van der Waals surface area (Å²) in [6.07, 6.45) is 13.1. The number of nitrogens with one attached hydrogen (secondary N) is 1. The Hall–Kier alpha value is -6.55. The number of nitrogens with zero attached hydrogens (tertiary/aromatic N) is 9. The number of amides is 5. The fourth-order valence-corrected chi connectivity index (χ4v) is 12.0. The highest BCUT2D eigenvalue weighted by molar-refractivity contribution is 6.05. The molecule has 16 nitrogen and oxygen atoms in total. The molecule has 5 saturated heterocycles. The Morgan fingerprint density at radius 3 is 2.16 bits per heavy atom. The van der Waals surface area contributed by atoms with Gasteiger partial charge < -0.3 is 30.1 Å². The van der Waals surface area contributed by atoms with Crippen molar-refractivity contribution in [3.8, 4) is 22.8 Å². The average Bonchev–Trinajstić information content (AvgIpc) is 3.94. The standard InChI is InChI=1S/C53H63N11O5/c54-49-47-48(37-10-13-43(14-11-37)69-42-6-2-1-3-7-42)58-64(50(47)56-34-55-49)41-5-4-24-62(33-41)39-22-29-61(30-23-39)53(68)60-27-20-36(21-28-60)9-8-35-18-25-59(26-19-35)40-12-15-44-38(31-40)32-63(52(44)67)45-16-17-46(65)57-51(45)66/h1-3,6-7,10-15,31,34-36,39,41,45H,4-5,8-9,16-30,32-33H2,(H2,54,55,56)(H,57,65,66). The van der Waals surface area contributed by atoms with Crippen molar-refractivity contribution in [2.75, 3.05) is 63.0 Å². The van der Waals surface area contributed by atoms with Gasteiger partial charge in [-0.2, -0.15) is 5.10 Å². The first kappa shape index (κ1) is 44.9. The van der Waals surface area contributed by atoms with Crippen molar-refractivity contribution in [1.82, 2.24) is 44.7 Å². The van der Waals surface area contributed by atoms with Crippen molar-refractivity contribution in [2.45, 2.75) is 102 Å². The largest absolute Gasteiger partial charge is 0.457 e.